The van der Waals surface area contributed by atoms with E-state index < -0.39 is 0 Å². The van der Waals surface area contributed by atoms with Gasteiger partial charge in [0.15, 0.2) is 0 Å². The van der Waals surface area contributed by atoms with Gasteiger partial charge in [0.25, 0.3) is 0 Å². The number of rotatable bonds is 3. The second-order valence-electron chi connectivity index (χ2n) is 5.07. The van der Waals surface area contributed by atoms with Gasteiger partial charge in [0, 0.05) is 18.0 Å². The molecular formula is C15H17Cl2N3S. The summed E-state index contributed by atoms with van der Waals surface area (Å²) in [4.78, 5) is 8.37. The van der Waals surface area contributed by atoms with E-state index in [-0.39, 0.29) is 6.04 Å². The summed E-state index contributed by atoms with van der Waals surface area (Å²) in [7, 11) is 0. The molecule has 112 valence electrons. The molecule has 1 N–H and O–H groups in total. The van der Waals surface area contributed by atoms with E-state index in [2.05, 4.69) is 33.6 Å². The molecule has 0 amide bonds. The topological polar surface area (TPSA) is 28.2 Å². The van der Waals surface area contributed by atoms with Crippen LogP contribution in [0.1, 0.15) is 30.3 Å². The number of anilines is 2. The van der Waals surface area contributed by atoms with E-state index in [0.29, 0.717) is 15.9 Å². The number of nitrogens with zero attached hydrogens (tertiary/aromatic N) is 2. The van der Waals surface area contributed by atoms with Crippen LogP contribution in [0, 0.1) is 0 Å². The third-order valence-electron chi connectivity index (χ3n) is 3.80. The van der Waals surface area contributed by atoms with Crippen LogP contribution in [0.25, 0.3) is 0 Å². The summed E-state index contributed by atoms with van der Waals surface area (Å²) in [6, 6.07) is 4.26. The lowest BCUT2D eigenvalue weighted by atomic mass is 10.0. The first-order valence-corrected chi connectivity index (χ1v) is 8.68. The Morgan fingerprint density at radius 2 is 2.24 bits per heavy atom. The molecule has 2 aromatic heterocycles. The van der Waals surface area contributed by atoms with Gasteiger partial charge in [-0.1, -0.05) is 23.2 Å². The van der Waals surface area contributed by atoms with Crippen LogP contribution < -0.4 is 10.2 Å². The third kappa shape index (κ3) is 2.72. The van der Waals surface area contributed by atoms with E-state index in [1.165, 1.54) is 10.4 Å². The maximum atomic E-state index is 6.39. The van der Waals surface area contributed by atoms with Gasteiger partial charge in [-0.25, -0.2) is 4.98 Å². The minimum absolute atomic E-state index is 0.278. The molecule has 1 aliphatic rings. The normalized spacial score (nSPS) is 17.7. The highest BCUT2D eigenvalue weighted by Crippen LogP contribution is 2.39. The molecule has 2 aromatic rings. The van der Waals surface area contributed by atoms with Crippen molar-refractivity contribution in [1.82, 2.24) is 4.98 Å². The molecule has 0 aromatic carbocycles. The predicted octanol–water partition coefficient (Wildman–Crippen LogP) is 5.01. The SMILES string of the molecule is CCNc1nc(N2CCc3sccc3C2C)c(Cl)cc1Cl. The van der Waals surface area contributed by atoms with Crippen LogP contribution in [0.4, 0.5) is 11.6 Å². The summed E-state index contributed by atoms with van der Waals surface area (Å²) in [5.41, 5.74) is 1.38. The molecule has 0 aliphatic carbocycles. The van der Waals surface area contributed by atoms with Crippen molar-refractivity contribution in [2.45, 2.75) is 26.3 Å². The molecule has 0 radical (unpaired) electrons. The molecule has 0 saturated heterocycles. The fourth-order valence-corrected chi connectivity index (χ4v) is 4.25. The van der Waals surface area contributed by atoms with Gasteiger partial charge in [-0.3, -0.25) is 0 Å². The zero-order valence-electron chi connectivity index (χ0n) is 12.0. The van der Waals surface area contributed by atoms with Crippen LogP contribution >= 0.6 is 34.5 Å². The average Bonchev–Trinajstić information content (AvgIpc) is 2.92. The Hall–Kier alpha value is -0.970. The van der Waals surface area contributed by atoms with E-state index in [1.54, 1.807) is 6.07 Å². The molecule has 1 aliphatic heterocycles. The van der Waals surface area contributed by atoms with Crippen LogP contribution in [0.3, 0.4) is 0 Å². The Balaban J connectivity index is 1.99. The third-order valence-corrected chi connectivity index (χ3v) is 5.37. The second-order valence-corrected chi connectivity index (χ2v) is 6.89. The molecular weight excluding hydrogens is 325 g/mol. The van der Waals surface area contributed by atoms with Crippen LogP contribution in [0.2, 0.25) is 10.0 Å². The summed E-state index contributed by atoms with van der Waals surface area (Å²) < 4.78 is 0. The van der Waals surface area contributed by atoms with Gasteiger partial charge >= 0.3 is 0 Å². The highest BCUT2D eigenvalue weighted by atomic mass is 35.5. The lowest BCUT2D eigenvalue weighted by molar-refractivity contribution is 0.625. The van der Waals surface area contributed by atoms with E-state index in [9.17, 15) is 0 Å². The Labute approximate surface area is 138 Å². The summed E-state index contributed by atoms with van der Waals surface area (Å²) in [5, 5.41) is 6.51. The molecule has 0 fully saturated rings. The standard InChI is InChI=1S/C15H17Cl2N3S/c1-3-18-14-11(16)8-12(17)15(19-14)20-6-4-13-10(9(20)2)5-7-21-13/h5,7-9H,3-4,6H2,1-2H3,(H,18,19). The maximum Gasteiger partial charge on any atom is 0.150 e. The quantitative estimate of drug-likeness (QED) is 0.850. The van der Waals surface area contributed by atoms with E-state index in [0.717, 1.165) is 25.3 Å². The Kier molecular flexibility index (Phi) is 4.29. The summed E-state index contributed by atoms with van der Waals surface area (Å²) >= 11 is 14.4. The number of aromatic nitrogens is 1. The van der Waals surface area contributed by atoms with Gasteiger partial charge in [-0.15, -0.1) is 11.3 Å². The highest BCUT2D eigenvalue weighted by molar-refractivity contribution is 7.10. The van der Waals surface area contributed by atoms with Crippen molar-refractivity contribution >= 4 is 46.2 Å². The maximum absolute atomic E-state index is 6.39. The first-order chi connectivity index (χ1) is 10.1. The Bertz CT molecular complexity index is 656. The lowest BCUT2D eigenvalue weighted by Gasteiger charge is -2.35. The molecule has 1 unspecified atom stereocenters. The van der Waals surface area contributed by atoms with Crippen molar-refractivity contribution in [3.05, 3.63) is 38.0 Å². The largest absolute Gasteiger partial charge is 0.369 e. The minimum atomic E-state index is 0.278. The van der Waals surface area contributed by atoms with Crippen LogP contribution in [0.5, 0.6) is 0 Å². The summed E-state index contributed by atoms with van der Waals surface area (Å²) in [6.07, 6.45) is 1.04. The number of pyridine rings is 1. The molecule has 3 heterocycles. The second kappa shape index (κ2) is 6.03. The monoisotopic (exact) mass is 341 g/mol. The smallest absolute Gasteiger partial charge is 0.150 e. The van der Waals surface area contributed by atoms with E-state index in [4.69, 9.17) is 23.2 Å². The van der Waals surface area contributed by atoms with Gasteiger partial charge in [0.05, 0.1) is 16.1 Å². The van der Waals surface area contributed by atoms with Crippen molar-refractivity contribution in [1.29, 1.82) is 0 Å². The zero-order valence-corrected chi connectivity index (χ0v) is 14.3. The Morgan fingerprint density at radius 3 is 3.00 bits per heavy atom. The van der Waals surface area contributed by atoms with Gasteiger partial charge in [0.1, 0.15) is 11.6 Å². The summed E-state index contributed by atoms with van der Waals surface area (Å²) in [5.74, 6) is 1.50. The van der Waals surface area contributed by atoms with Crippen molar-refractivity contribution < 1.29 is 0 Å². The van der Waals surface area contributed by atoms with Crippen molar-refractivity contribution in [2.75, 3.05) is 23.3 Å². The number of halogens is 2. The lowest BCUT2D eigenvalue weighted by Crippen LogP contribution is -2.34. The molecule has 6 heteroatoms. The first-order valence-electron chi connectivity index (χ1n) is 7.04. The highest BCUT2D eigenvalue weighted by Gasteiger charge is 2.27. The van der Waals surface area contributed by atoms with Crippen molar-refractivity contribution in [3.63, 3.8) is 0 Å². The van der Waals surface area contributed by atoms with Crippen LogP contribution in [-0.2, 0) is 6.42 Å². The van der Waals surface area contributed by atoms with Crippen LogP contribution in [0.15, 0.2) is 17.5 Å². The molecule has 0 saturated carbocycles. The zero-order chi connectivity index (χ0) is 15.0. The molecule has 1 atom stereocenters. The van der Waals surface area contributed by atoms with Crippen molar-refractivity contribution in [3.8, 4) is 0 Å². The minimum Gasteiger partial charge on any atom is -0.369 e. The molecule has 3 nitrogen and oxygen atoms in total. The number of hydrogen-bond acceptors (Lipinski definition) is 4. The Morgan fingerprint density at radius 1 is 1.43 bits per heavy atom. The molecule has 3 rings (SSSR count). The van der Waals surface area contributed by atoms with E-state index >= 15 is 0 Å². The van der Waals surface area contributed by atoms with Gasteiger partial charge in [-0.2, -0.15) is 0 Å². The van der Waals surface area contributed by atoms with Crippen molar-refractivity contribution in [2.24, 2.45) is 0 Å². The van der Waals surface area contributed by atoms with Gasteiger partial charge in [-0.05, 0) is 43.3 Å². The van der Waals surface area contributed by atoms with Crippen LogP contribution in [-0.4, -0.2) is 18.1 Å². The summed E-state index contributed by atoms with van der Waals surface area (Å²) in [6.45, 7) is 5.92. The molecule has 0 bridgehead atoms. The molecule has 21 heavy (non-hydrogen) atoms. The number of hydrogen-bond donors (Lipinski definition) is 1. The first kappa shape index (κ1) is 14.9. The average molecular weight is 342 g/mol. The predicted molar refractivity (Wildman–Crippen MR) is 92.2 cm³/mol. The molecule has 0 spiro atoms. The number of thiophene rings is 1. The van der Waals surface area contributed by atoms with E-state index in [1.807, 2.05) is 18.3 Å². The van der Waals surface area contributed by atoms with Gasteiger partial charge < -0.3 is 10.2 Å². The fraction of sp³-hybridized carbons (Fsp3) is 0.400. The van der Waals surface area contributed by atoms with Gasteiger partial charge in [0.2, 0.25) is 0 Å². The number of fused-ring (bicyclic) bond motifs is 1. The number of nitrogens with one attached hydrogen (secondary N) is 1. The fourth-order valence-electron chi connectivity index (χ4n) is 2.75.